The average Bonchev–Trinajstić information content (AvgIpc) is 3.08. The van der Waals surface area contributed by atoms with Gasteiger partial charge in [0.15, 0.2) is 0 Å². The number of aliphatic hydroxyl groups excluding tert-OH is 1. The maximum absolute atomic E-state index is 9.52. The zero-order valence-electron chi connectivity index (χ0n) is 9.93. The highest BCUT2D eigenvalue weighted by atomic mass is 16.5. The van der Waals surface area contributed by atoms with Crippen molar-refractivity contribution < 1.29 is 14.6 Å². The minimum atomic E-state index is -0.239. The van der Waals surface area contributed by atoms with Crippen LogP contribution in [0.5, 0.6) is 11.5 Å². The number of benzene rings is 1. The van der Waals surface area contributed by atoms with Gasteiger partial charge in [-0.1, -0.05) is 6.07 Å². The number of methoxy groups -OCH3 is 2. The zero-order valence-corrected chi connectivity index (χ0v) is 9.93. The third-order valence-corrected chi connectivity index (χ3v) is 3.30. The summed E-state index contributed by atoms with van der Waals surface area (Å²) in [5.74, 6) is 2.46. The number of hydrogen-bond acceptors (Lipinski definition) is 3. The van der Waals surface area contributed by atoms with Crippen LogP contribution in [0.25, 0.3) is 0 Å². The van der Waals surface area contributed by atoms with Gasteiger partial charge < -0.3 is 14.6 Å². The summed E-state index contributed by atoms with van der Waals surface area (Å²) in [4.78, 5) is 0. The smallest absolute Gasteiger partial charge is 0.126 e. The summed E-state index contributed by atoms with van der Waals surface area (Å²) >= 11 is 0. The molecule has 3 heteroatoms. The van der Waals surface area contributed by atoms with Gasteiger partial charge in [0.05, 0.1) is 20.3 Å². The molecular weight excluding hydrogens is 204 g/mol. The van der Waals surface area contributed by atoms with E-state index in [1.54, 1.807) is 14.2 Å². The van der Waals surface area contributed by atoms with E-state index in [4.69, 9.17) is 9.47 Å². The topological polar surface area (TPSA) is 38.7 Å². The highest BCUT2D eigenvalue weighted by Crippen LogP contribution is 2.52. The van der Waals surface area contributed by atoms with Gasteiger partial charge in [-0.25, -0.2) is 0 Å². The van der Waals surface area contributed by atoms with Crippen molar-refractivity contribution in [3.8, 4) is 11.5 Å². The van der Waals surface area contributed by atoms with Gasteiger partial charge in [0.25, 0.3) is 0 Å². The second kappa shape index (κ2) is 4.34. The van der Waals surface area contributed by atoms with Crippen LogP contribution in [0, 0.1) is 5.92 Å². The number of aliphatic hydroxyl groups is 1. The predicted octanol–water partition coefficient (Wildman–Crippen LogP) is 2.19. The van der Waals surface area contributed by atoms with Crippen LogP contribution >= 0.6 is 0 Å². The molecule has 88 valence electrons. The Kier molecular flexibility index (Phi) is 3.06. The Morgan fingerprint density at radius 2 is 2.06 bits per heavy atom. The van der Waals surface area contributed by atoms with E-state index in [2.05, 4.69) is 0 Å². The van der Waals surface area contributed by atoms with Crippen LogP contribution < -0.4 is 9.47 Å². The van der Waals surface area contributed by atoms with Gasteiger partial charge >= 0.3 is 0 Å². The van der Waals surface area contributed by atoms with E-state index in [0.29, 0.717) is 11.8 Å². The summed E-state index contributed by atoms with van der Waals surface area (Å²) in [5, 5.41) is 9.52. The molecule has 1 saturated carbocycles. The fourth-order valence-corrected chi connectivity index (χ4v) is 2.23. The summed E-state index contributed by atoms with van der Waals surface area (Å²) in [6.45, 7) is 1.85. The van der Waals surface area contributed by atoms with Crippen molar-refractivity contribution in [3.63, 3.8) is 0 Å². The van der Waals surface area contributed by atoms with Crippen LogP contribution in [-0.2, 0) is 0 Å². The van der Waals surface area contributed by atoms with Crippen molar-refractivity contribution in [2.75, 3.05) is 14.2 Å². The second-order valence-electron chi connectivity index (χ2n) is 4.35. The van der Waals surface area contributed by atoms with Gasteiger partial charge in [-0.15, -0.1) is 0 Å². The molecule has 1 N–H and O–H groups in total. The van der Waals surface area contributed by atoms with Crippen LogP contribution in [0.2, 0.25) is 0 Å². The van der Waals surface area contributed by atoms with Gasteiger partial charge in [-0.05, 0) is 36.8 Å². The largest absolute Gasteiger partial charge is 0.497 e. The van der Waals surface area contributed by atoms with Gasteiger partial charge in [0.1, 0.15) is 11.5 Å². The maximum Gasteiger partial charge on any atom is 0.126 e. The molecule has 3 nitrogen and oxygen atoms in total. The van der Waals surface area contributed by atoms with E-state index in [1.165, 1.54) is 5.56 Å². The predicted molar refractivity (Wildman–Crippen MR) is 62.1 cm³/mol. The van der Waals surface area contributed by atoms with E-state index >= 15 is 0 Å². The standard InChI is InChI=1S/C13H18O3/c1-8(14)11-7-12(11)10-5-4-9(15-2)6-13(10)16-3/h4-6,8,11-12,14H,7H2,1-3H3/t8-,11+,12+/m0/s1. The minimum absolute atomic E-state index is 0.239. The number of hydrogen-bond donors (Lipinski definition) is 1. The van der Waals surface area contributed by atoms with E-state index in [0.717, 1.165) is 17.9 Å². The first-order chi connectivity index (χ1) is 7.67. The lowest BCUT2D eigenvalue weighted by Gasteiger charge is -2.10. The lowest BCUT2D eigenvalue weighted by atomic mass is 10.1. The van der Waals surface area contributed by atoms with E-state index < -0.39 is 0 Å². The molecule has 0 heterocycles. The molecule has 2 rings (SSSR count). The fourth-order valence-electron chi connectivity index (χ4n) is 2.23. The lowest BCUT2D eigenvalue weighted by molar-refractivity contribution is 0.168. The van der Waals surface area contributed by atoms with E-state index in [-0.39, 0.29) is 6.10 Å². The summed E-state index contributed by atoms with van der Waals surface area (Å²) in [6, 6.07) is 5.87. The lowest BCUT2D eigenvalue weighted by Crippen LogP contribution is -2.04. The molecule has 0 radical (unpaired) electrons. The zero-order chi connectivity index (χ0) is 11.7. The number of ether oxygens (including phenoxy) is 2. The maximum atomic E-state index is 9.52. The van der Waals surface area contributed by atoms with Crippen molar-refractivity contribution >= 4 is 0 Å². The molecule has 0 unspecified atom stereocenters. The Morgan fingerprint density at radius 3 is 2.56 bits per heavy atom. The van der Waals surface area contributed by atoms with Crippen LogP contribution in [0.3, 0.4) is 0 Å². The van der Waals surface area contributed by atoms with Crippen molar-refractivity contribution in [2.24, 2.45) is 5.92 Å². The Morgan fingerprint density at radius 1 is 1.31 bits per heavy atom. The molecule has 1 aliphatic rings. The SMILES string of the molecule is COc1ccc([C@H]2C[C@@H]2[C@H](C)O)c(OC)c1. The van der Waals surface area contributed by atoms with Crippen molar-refractivity contribution in [2.45, 2.75) is 25.4 Å². The molecule has 1 aliphatic carbocycles. The van der Waals surface area contributed by atoms with Crippen molar-refractivity contribution in [1.82, 2.24) is 0 Å². The van der Waals surface area contributed by atoms with Gasteiger partial charge in [0, 0.05) is 6.07 Å². The first-order valence-electron chi connectivity index (χ1n) is 5.57. The highest BCUT2D eigenvalue weighted by Gasteiger charge is 2.42. The van der Waals surface area contributed by atoms with E-state index in [1.807, 2.05) is 25.1 Å². The van der Waals surface area contributed by atoms with Gasteiger partial charge in [0.2, 0.25) is 0 Å². The Hall–Kier alpha value is -1.22. The summed E-state index contributed by atoms with van der Waals surface area (Å²) in [7, 11) is 3.31. The minimum Gasteiger partial charge on any atom is -0.497 e. The molecule has 0 bridgehead atoms. The second-order valence-corrected chi connectivity index (χ2v) is 4.35. The molecule has 0 spiro atoms. The molecule has 0 aliphatic heterocycles. The number of rotatable bonds is 4. The van der Waals surface area contributed by atoms with Crippen molar-refractivity contribution in [3.05, 3.63) is 23.8 Å². The first-order valence-corrected chi connectivity index (χ1v) is 5.57. The highest BCUT2D eigenvalue weighted by molar-refractivity contribution is 5.45. The quantitative estimate of drug-likeness (QED) is 0.848. The normalized spacial score (nSPS) is 25.0. The third kappa shape index (κ3) is 2.00. The molecule has 1 fully saturated rings. The third-order valence-electron chi connectivity index (χ3n) is 3.30. The summed E-state index contributed by atoms with van der Waals surface area (Å²) < 4.78 is 10.5. The molecule has 3 atom stereocenters. The van der Waals surface area contributed by atoms with Crippen LogP contribution in [-0.4, -0.2) is 25.4 Å². The first kappa shape index (κ1) is 11.3. The molecule has 1 aromatic carbocycles. The molecule has 0 amide bonds. The monoisotopic (exact) mass is 222 g/mol. The molecule has 0 aromatic heterocycles. The van der Waals surface area contributed by atoms with Gasteiger partial charge in [-0.3, -0.25) is 0 Å². The summed E-state index contributed by atoms with van der Waals surface area (Å²) in [6.07, 6.45) is 0.803. The van der Waals surface area contributed by atoms with Crippen LogP contribution in [0.15, 0.2) is 18.2 Å². The van der Waals surface area contributed by atoms with Gasteiger partial charge in [-0.2, -0.15) is 0 Å². The molecule has 0 saturated heterocycles. The Labute approximate surface area is 96.0 Å². The van der Waals surface area contributed by atoms with Crippen LogP contribution in [0.1, 0.15) is 24.8 Å². The Balaban J connectivity index is 2.22. The molecule has 16 heavy (non-hydrogen) atoms. The Bertz CT molecular complexity index is 373. The van der Waals surface area contributed by atoms with Crippen molar-refractivity contribution in [1.29, 1.82) is 0 Å². The molecular formula is C13H18O3. The van der Waals surface area contributed by atoms with Crippen LogP contribution in [0.4, 0.5) is 0 Å². The van der Waals surface area contributed by atoms with E-state index in [9.17, 15) is 5.11 Å². The fraction of sp³-hybridized carbons (Fsp3) is 0.538. The average molecular weight is 222 g/mol. The summed E-state index contributed by atoms with van der Waals surface area (Å²) in [5.41, 5.74) is 1.18. The molecule has 1 aromatic rings.